The van der Waals surface area contributed by atoms with Gasteiger partial charge in [0, 0.05) is 44.9 Å². The molecule has 1 N–H and O–H groups in total. The molecule has 4 rings (SSSR count). The van der Waals surface area contributed by atoms with Gasteiger partial charge in [-0.2, -0.15) is 5.26 Å². The smallest absolute Gasteiger partial charge is 0.318 e. The minimum absolute atomic E-state index is 0.221. The average molecular weight is 446 g/mol. The molecule has 1 unspecified atom stereocenters. The predicted molar refractivity (Wildman–Crippen MR) is 125 cm³/mol. The normalized spacial score (nSPS) is 14.8. The summed E-state index contributed by atoms with van der Waals surface area (Å²) in [6.45, 7) is 4.49. The minimum atomic E-state index is -0.672. The molecule has 1 fully saturated rings. The van der Waals surface area contributed by atoms with Crippen LogP contribution in [0.1, 0.15) is 23.9 Å². The fourth-order valence-corrected chi connectivity index (χ4v) is 4.00. The monoisotopic (exact) mass is 445 g/mol. The molecule has 170 valence electrons. The highest BCUT2D eigenvalue weighted by Gasteiger charge is 2.23. The van der Waals surface area contributed by atoms with Gasteiger partial charge >= 0.3 is 6.03 Å². The van der Waals surface area contributed by atoms with Gasteiger partial charge in [-0.1, -0.05) is 30.3 Å². The lowest BCUT2D eigenvalue weighted by atomic mass is 10.1. The van der Waals surface area contributed by atoms with Crippen molar-refractivity contribution < 1.29 is 13.9 Å². The van der Waals surface area contributed by atoms with Gasteiger partial charge in [-0.15, -0.1) is 0 Å². The van der Waals surface area contributed by atoms with Crippen molar-refractivity contribution in [2.45, 2.75) is 19.4 Å². The summed E-state index contributed by atoms with van der Waals surface area (Å²) in [7, 11) is 1.64. The number of methoxy groups -OCH3 is 1. The number of oxazole rings is 1. The molecule has 1 atom stereocenters. The first-order chi connectivity index (χ1) is 16.1. The number of urea groups is 1. The Bertz CT molecular complexity index is 1140. The Hall–Kier alpha value is -3.99. The summed E-state index contributed by atoms with van der Waals surface area (Å²) in [5.74, 6) is 1.98. The maximum Gasteiger partial charge on any atom is 0.318 e. The zero-order chi connectivity index (χ0) is 23.2. The fraction of sp³-hybridized carbons (Fsp3) is 0.320. The molecule has 2 heterocycles. The van der Waals surface area contributed by atoms with E-state index in [1.165, 1.54) is 0 Å². The van der Waals surface area contributed by atoms with Gasteiger partial charge in [0.1, 0.15) is 11.8 Å². The van der Waals surface area contributed by atoms with Gasteiger partial charge in [-0.3, -0.25) is 0 Å². The van der Waals surface area contributed by atoms with Crippen LogP contribution in [0.25, 0.3) is 11.3 Å². The van der Waals surface area contributed by atoms with Crippen molar-refractivity contribution in [3.8, 4) is 23.1 Å². The van der Waals surface area contributed by atoms with Crippen LogP contribution in [0.2, 0.25) is 0 Å². The van der Waals surface area contributed by atoms with Crippen molar-refractivity contribution in [2.75, 3.05) is 38.2 Å². The third kappa shape index (κ3) is 5.09. The molecule has 8 heteroatoms. The van der Waals surface area contributed by atoms with Crippen LogP contribution in [0, 0.1) is 18.3 Å². The summed E-state index contributed by atoms with van der Waals surface area (Å²) in [4.78, 5) is 21.0. The molecule has 2 aromatic carbocycles. The molecular formula is C25H27N5O3. The molecule has 33 heavy (non-hydrogen) atoms. The number of benzene rings is 2. The van der Waals surface area contributed by atoms with Crippen molar-refractivity contribution in [3.63, 3.8) is 0 Å². The first-order valence-corrected chi connectivity index (χ1v) is 10.9. The number of carbonyl (C=O) groups excluding carboxylic acids is 1. The number of nitriles is 1. The first-order valence-electron chi connectivity index (χ1n) is 10.9. The molecule has 0 bridgehead atoms. The Balaban J connectivity index is 1.42. The molecular weight excluding hydrogens is 418 g/mol. The molecule has 1 saturated heterocycles. The van der Waals surface area contributed by atoms with Crippen LogP contribution in [0.3, 0.4) is 0 Å². The van der Waals surface area contributed by atoms with Gasteiger partial charge in [-0.05, 0) is 24.1 Å². The Kier molecular flexibility index (Phi) is 6.79. The van der Waals surface area contributed by atoms with Crippen LogP contribution in [-0.2, 0) is 0 Å². The zero-order valence-corrected chi connectivity index (χ0v) is 18.8. The number of anilines is 1. The van der Waals surface area contributed by atoms with Crippen LogP contribution in [-0.4, -0.2) is 49.2 Å². The first kappa shape index (κ1) is 22.2. The highest BCUT2D eigenvalue weighted by molar-refractivity contribution is 5.75. The Labute approximate surface area is 193 Å². The summed E-state index contributed by atoms with van der Waals surface area (Å²) in [5.41, 5.74) is 2.65. The quantitative estimate of drug-likeness (QED) is 0.634. The molecule has 0 spiro atoms. The third-order valence-corrected chi connectivity index (χ3v) is 5.75. The lowest BCUT2D eigenvalue weighted by Crippen LogP contribution is -2.43. The van der Waals surface area contributed by atoms with E-state index in [4.69, 9.17) is 9.15 Å². The van der Waals surface area contributed by atoms with E-state index in [-0.39, 0.29) is 6.03 Å². The number of carbonyl (C=O) groups is 1. The molecule has 1 aliphatic rings. The van der Waals surface area contributed by atoms with E-state index in [1.54, 1.807) is 18.2 Å². The lowest BCUT2D eigenvalue weighted by molar-refractivity contribution is 0.199. The Morgan fingerprint density at radius 1 is 1.18 bits per heavy atom. The van der Waals surface area contributed by atoms with Crippen LogP contribution < -0.4 is 15.0 Å². The summed E-state index contributed by atoms with van der Waals surface area (Å²) in [6, 6.07) is 16.6. The molecule has 0 aliphatic carbocycles. The maximum atomic E-state index is 12.8. The van der Waals surface area contributed by atoms with Crippen LogP contribution in [0.4, 0.5) is 10.5 Å². The van der Waals surface area contributed by atoms with Gasteiger partial charge in [0.25, 0.3) is 0 Å². The number of aryl methyl sites for hydroxylation is 1. The van der Waals surface area contributed by atoms with Gasteiger partial charge in [0.15, 0.2) is 11.7 Å². The van der Waals surface area contributed by atoms with Crippen molar-refractivity contribution in [2.24, 2.45) is 0 Å². The molecule has 1 aromatic heterocycles. The highest BCUT2D eigenvalue weighted by Crippen LogP contribution is 2.34. The van der Waals surface area contributed by atoms with Crippen LogP contribution >= 0.6 is 0 Å². The summed E-state index contributed by atoms with van der Waals surface area (Å²) in [6.07, 6.45) is 2.51. The second-order valence-electron chi connectivity index (χ2n) is 7.88. The van der Waals surface area contributed by atoms with Gasteiger partial charge in [0.2, 0.25) is 0 Å². The largest absolute Gasteiger partial charge is 0.496 e. The topological polar surface area (TPSA) is 94.6 Å². The van der Waals surface area contributed by atoms with Crippen molar-refractivity contribution in [1.29, 1.82) is 5.26 Å². The average Bonchev–Trinajstić information content (AvgIpc) is 3.13. The standard InChI is InChI=1S/C25H27N5O3/c1-18-27-17-24(33-18)21-10-9-20(15-23(21)32-2)29-11-6-12-30(14-13-29)25(31)28-22(16-26)19-7-4-3-5-8-19/h3-5,7-10,15,17,22H,6,11-14H2,1-2H3,(H,28,31). The Morgan fingerprint density at radius 3 is 2.70 bits per heavy atom. The van der Waals surface area contributed by atoms with Crippen molar-refractivity contribution >= 4 is 11.7 Å². The summed E-state index contributed by atoms with van der Waals surface area (Å²) >= 11 is 0. The van der Waals surface area contributed by atoms with E-state index in [0.717, 1.165) is 29.8 Å². The van der Waals surface area contributed by atoms with Gasteiger partial charge in [0.05, 0.1) is 24.9 Å². The van der Waals surface area contributed by atoms with Gasteiger partial charge < -0.3 is 24.3 Å². The number of hydrogen-bond acceptors (Lipinski definition) is 6. The van der Waals surface area contributed by atoms with Crippen LogP contribution in [0.15, 0.2) is 59.1 Å². The van der Waals surface area contributed by atoms with E-state index in [9.17, 15) is 10.1 Å². The minimum Gasteiger partial charge on any atom is -0.496 e. The van der Waals surface area contributed by atoms with Crippen LogP contribution in [0.5, 0.6) is 5.75 Å². The van der Waals surface area contributed by atoms with Gasteiger partial charge in [-0.25, -0.2) is 9.78 Å². The molecule has 1 aliphatic heterocycles. The number of rotatable bonds is 5. The van der Waals surface area contributed by atoms with Crippen molar-refractivity contribution in [1.82, 2.24) is 15.2 Å². The lowest BCUT2D eigenvalue weighted by Gasteiger charge is -2.25. The SMILES string of the molecule is COc1cc(N2CCCN(C(=O)NC(C#N)c3ccccc3)CC2)ccc1-c1cnc(C)o1. The second kappa shape index (κ2) is 10.1. The molecule has 3 aromatic rings. The van der Waals surface area contributed by atoms with E-state index in [1.807, 2.05) is 55.5 Å². The summed E-state index contributed by atoms with van der Waals surface area (Å²) < 4.78 is 11.3. The number of amides is 2. The summed E-state index contributed by atoms with van der Waals surface area (Å²) in [5, 5.41) is 12.4. The molecule has 8 nitrogen and oxygen atoms in total. The second-order valence-corrected chi connectivity index (χ2v) is 7.88. The number of nitrogens with zero attached hydrogens (tertiary/aromatic N) is 4. The van der Waals surface area contributed by atoms with Crippen molar-refractivity contribution in [3.05, 3.63) is 66.2 Å². The van der Waals surface area contributed by atoms with E-state index >= 15 is 0 Å². The Morgan fingerprint density at radius 2 is 2.00 bits per heavy atom. The number of ether oxygens (including phenoxy) is 1. The fourth-order valence-electron chi connectivity index (χ4n) is 4.00. The maximum absolute atomic E-state index is 12.8. The molecule has 2 amide bonds. The third-order valence-electron chi connectivity index (χ3n) is 5.75. The van der Waals surface area contributed by atoms with E-state index in [2.05, 4.69) is 21.3 Å². The number of hydrogen-bond donors (Lipinski definition) is 1. The number of nitrogens with one attached hydrogen (secondary N) is 1. The predicted octanol–water partition coefficient (Wildman–Crippen LogP) is 4.15. The molecule has 0 saturated carbocycles. The molecule has 0 radical (unpaired) electrons. The zero-order valence-electron chi connectivity index (χ0n) is 18.8. The highest BCUT2D eigenvalue weighted by atomic mass is 16.5. The number of aromatic nitrogens is 1. The van der Waals surface area contributed by atoms with E-state index < -0.39 is 6.04 Å². The van der Waals surface area contributed by atoms with E-state index in [0.29, 0.717) is 37.0 Å².